The summed E-state index contributed by atoms with van der Waals surface area (Å²) < 4.78 is 0. The van der Waals surface area contributed by atoms with Crippen LogP contribution in [0.15, 0.2) is 78.9 Å². The van der Waals surface area contributed by atoms with Crippen molar-refractivity contribution in [3.63, 3.8) is 0 Å². The molecule has 0 bridgehead atoms. The number of nitrogens with one attached hydrogen (secondary N) is 1. The van der Waals surface area contributed by atoms with Crippen molar-refractivity contribution in [3.05, 3.63) is 90.0 Å². The maximum absolute atomic E-state index is 12.7. The summed E-state index contributed by atoms with van der Waals surface area (Å²) in [7, 11) is 0. The smallest absolute Gasteiger partial charge is 0.255 e. The zero-order valence-corrected chi connectivity index (χ0v) is 15.9. The molecule has 0 fully saturated rings. The molecule has 0 atom stereocenters. The number of amides is 2. The Hall–Kier alpha value is -4.32. The maximum atomic E-state index is 12.7. The van der Waals surface area contributed by atoms with Gasteiger partial charge in [0.05, 0.1) is 5.56 Å². The number of benzene rings is 4. The highest BCUT2D eigenvalue weighted by atomic mass is 16.3. The molecule has 4 rings (SSSR count). The van der Waals surface area contributed by atoms with Crippen LogP contribution in [0.25, 0.3) is 21.9 Å². The lowest BCUT2D eigenvalue weighted by atomic mass is 9.94. The van der Waals surface area contributed by atoms with E-state index in [9.17, 15) is 14.7 Å². The Morgan fingerprint density at radius 2 is 1.63 bits per heavy atom. The summed E-state index contributed by atoms with van der Waals surface area (Å²) in [5.41, 5.74) is 14.0. The number of rotatable bonds is 4. The number of phenols is 1. The van der Waals surface area contributed by atoms with Crippen molar-refractivity contribution in [1.29, 1.82) is 0 Å². The van der Waals surface area contributed by atoms with Gasteiger partial charge in [0.15, 0.2) is 0 Å². The van der Waals surface area contributed by atoms with Crippen LogP contribution in [0.5, 0.6) is 5.75 Å². The molecule has 0 unspecified atom stereocenters. The van der Waals surface area contributed by atoms with E-state index < -0.39 is 5.91 Å². The first-order valence-corrected chi connectivity index (χ1v) is 9.26. The molecule has 0 radical (unpaired) electrons. The van der Waals surface area contributed by atoms with Gasteiger partial charge >= 0.3 is 0 Å². The third kappa shape index (κ3) is 3.54. The Kier molecular flexibility index (Phi) is 4.82. The van der Waals surface area contributed by atoms with E-state index in [1.165, 1.54) is 0 Å². The van der Waals surface area contributed by atoms with E-state index in [0.717, 1.165) is 5.56 Å². The van der Waals surface area contributed by atoms with Crippen molar-refractivity contribution >= 4 is 34.0 Å². The molecule has 0 saturated heterocycles. The molecule has 0 saturated carbocycles. The largest absolute Gasteiger partial charge is 0.506 e. The number of fused-ring (bicyclic) bond motifs is 1. The van der Waals surface area contributed by atoms with E-state index in [0.29, 0.717) is 33.3 Å². The maximum Gasteiger partial charge on any atom is 0.255 e. The number of aromatic hydroxyl groups is 1. The van der Waals surface area contributed by atoms with E-state index in [-0.39, 0.29) is 17.2 Å². The second-order valence-corrected chi connectivity index (χ2v) is 6.89. The van der Waals surface area contributed by atoms with Gasteiger partial charge in [-0.05, 0) is 52.7 Å². The summed E-state index contributed by atoms with van der Waals surface area (Å²) in [6.07, 6.45) is 0. The second kappa shape index (κ2) is 7.60. The third-order valence-corrected chi connectivity index (χ3v) is 4.85. The van der Waals surface area contributed by atoms with Crippen molar-refractivity contribution in [1.82, 2.24) is 0 Å². The van der Waals surface area contributed by atoms with Gasteiger partial charge in [-0.15, -0.1) is 0 Å². The SMILES string of the molecule is NC(=O)c1c(O)c(-c2ccccc2)cc2cc(C(=O)Nc3cccc(N)c3)ccc12. The minimum atomic E-state index is -0.743. The Labute approximate surface area is 172 Å². The second-order valence-electron chi connectivity index (χ2n) is 6.89. The van der Waals surface area contributed by atoms with E-state index >= 15 is 0 Å². The van der Waals surface area contributed by atoms with E-state index in [1.807, 2.05) is 30.3 Å². The number of hydrogen-bond acceptors (Lipinski definition) is 4. The van der Waals surface area contributed by atoms with Gasteiger partial charge in [0.25, 0.3) is 11.8 Å². The van der Waals surface area contributed by atoms with Crippen LogP contribution < -0.4 is 16.8 Å². The van der Waals surface area contributed by atoms with E-state index in [2.05, 4.69) is 5.32 Å². The molecule has 0 aromatic heterocycles. The quantitative estimate of drug-likeness (QED) is 0.387. The Balaban J connectivity index is 1.82. The molecular weight excluding hydrogens is 378 g/mol. The molecule has 0 aliphatic rings. The van der Waals surface area contributed by atoms with Crippen LogP contribution in [-0.2, 0) is 0 Å². The predicted molar refractivity (Wildman–Crippen MR) is 118 cm³/mol. The zero-order valence-electron chi connectivity index (χ0n) is 15.9. The van der Waals surface area contributed by atoms with Crippen LogP contribution in [0.2, 0.25) is 0 Å². The van der Waals surface area contributed by atoms with Gasteiger partial charge in [0.2, 0.25) is 0 Å². The van der Waals surface area contributed by atoms with Gasteiger partial charge in [-0.1, -0.05) is 42.5 Å². The molecule has 6 nitrogen and oxygen atoms in total. The van der Waals surface area contributed by atoms with Gasteiger partial charge in [0.1, 0.15) is 5.75 Å². The number of carbonyl (C=O) groups excluding carboxylic acids is 2. The normalized spacial score (nSPS) is 10.7. The van der Waals surface area contributed by atoms with Crippen LogP contribution in [0.1, 0.15) is 20.7 Å². The molecule has 2 amide bonds. The van der Waals surface area contributed by atoms with Gasteiger partial charge in [-0.25, -0.2) is 0 Å². The van der Waals surface area contributed by atoms with Crippen molar-refractivity contribution in [3.8, 4) is 16.9 Å². The Morgan fingerprint density at radius 1 is 0.867 bits per heavy atom. The van der Waals surface area contributed by atoms with Gasteiger partial charge in [0, 0.05) is 22.5 Å². The molecule has 148 valence electrons. The highest BCUT2D eigenvalue weighted by molar-refractivity contribution is 6.13. The van der Waals surface area contributed by atoms with Crippen LogP contribution in [0.4, 0.5) is 11.4 Å². The van der Waals surface area contributed by atoms with Gasteiger partial charge in [-0.3, -0.25) is 9.59 Å². The van der Waals surface area contributed by atoms with Crippen molar-refractivity contribution in [2.45, 2.75) is 0 Å². The molecular formula is C24H19N3O3. The molecule has 0 heterocycles. The highest BCUT2D eigenvalue weighted by Gasteiger charge is 2.19. The van der Waals surface area contributed by atoms with Crippen LogP contribution in [-0.4, -0.2) is 16.9 Å². The summed E-state index contributed by atoms with van der Waals surface area (Å²) in [6.45, 7) is 0. The summed E-state index contributed by atoms with van der Waals surface area (Å²) in [5, 5.41) is 14.6. The fourth-order valence-corrected chi connectivity index (χ4v) is 3.44. The number of nitrogen functional groups attached to an aromatic ring is 1. The van der Waals surface area contributed by atoms with Crippen molar-refractivity contribution in [2.24, 2.45) is 5.73 Å². The lowest BCUT2D eigenvalue weighted by Crippen LogP contribution is -2.14. The van der Waals surface area contributed by atoms with Crippen molar-refractivity contribution < 1.29 is 14.7 Å². The fourth-order valence-electron chi connectivity index (χ4n) is 3.44. The fraction of sp³-hybridized carbons (Fsp3) is 0. The molecule has 4 aromatic rings. The third-order valence-electron chi connectivity index (χ3n) is 4.85. The summed E-state index contributed by atoms with van der Waals surface area (Å²) in [5.74, 6) is -1.25. The average Bonchev–Trinajstić information content (AvgIpc) is 2.73. The molecule has 4 aromatic carbocycles. The van der Waals surface area contributed by atoms with Gasteiger partial charge in [-0.2, -0.15) is 0 Å². The number of nitrogens with two attached hydrogens (primary N) is 2. The first-order valence-electron chi connectivity index (χ1n) is 9.26. The van der Waals surface area contributed by atoms with Gasteiger partial charge < -0.3 is 21.9 Å². The topological polar surface area (TPSA) is 118 Å². The zero-order chi connectivity index (χ0) is 21.3. The molecule has 0 spiro atoms. The standard InChI is InChI=1S/C24H19N3O3/c25-17-7-4-8-18(13-17)27-24(30)15-9-10-19-16(11-15)12-20(14-5-2-1-3-6-14)22(28)21(19)23(26)29/h1-13,28H,25H2,(H2,26,29)(H,27,30). The summed E-state index contributed by atoms with van der Waals surface area (Å²) in [4.78, 5) is 24.8. The first-order chi connectivity index (χ1) is 14.4. The molecule has 0 aliphatic heterocycles. The van der Waals surface area contributed by atoms with E-state index in [1.54, 1.807) is 48.5 Å². The first kappa shape index (κ1) is 19.0. The van der Waals surface area contributed by atoms with Crippen LogP contribution >= 0.6 is 0 Å². The average molecular weight is 397 g/mol. The number of carbonyl (C=O) groups is 2. The highest BCUT2D eigenvalue weighted by Crippen LogP contribution is 2.38. The Morgan fingerprint density at radius 3 is 2.33 bits per heavy atom. The van der Waals surface area contributed by atoms with Crippen LogP contribution in [0.3, 0.4) is 0 Å². The Bertz CT molecular complexity index is 1280. The molecule has 30 heavy (non-hydrogen) atoms. The predicted octanol–water partition coefficient (Wildman–Crippen LogP) is 4.15. The van der Waals surface area contributed by atoms with E-state index in [4.69, 9.17) is 11.5 Å². The monoisotopic (exact) mass is 397 g/mol. The summed E-state index contributed by atoms with van der Waals surface area (Å²) >= 11 is 0. The summed E-state index contributed by atoms with van der Waals surface area (Å²) in [6, 6.07) is 22.6. The minimum Gasteiger partial charge on any atom is -0.506 e. The number of hydrogen-bond donors (Lipinski definition) is 4. The number of primary amides is 1. The lowest BCUT2D eigenvalue weighted by Gasteiger charge is -2.13. The van der Waals surface area contributed by atoms with Crippen molar-refractivity contribution in [2.75, 3.05) is 11.1 Å². The minimum absolute atomic E-state index is 0.0224. The molecule has 0 aliphatic carbocycles. The molecule has 6 heteroatoms. The lowest BCUT2D eigenvalue weighted by molar-refractivity contribution is 0.0997. The molecule has 6 N–H and O–H groups in total. The number of anilines is 2. The van der Waals surface area contributed by atoms with Crippen LogP contribution in [0, 0.1) is 0 Å².